The van der Waals surface area contributed by atoms with Crippen molar-refractivity contribution in [2.75, 3.05) is 31.7 Å². The van der Waals surface area contributed by atoms with Gasteiger partial charge >= 0.3 is 11.8 Å². The van der Waals surface area contributed by atoms with Crippen LogP contribution in [-0.2, 0) is 19.4 Å². The van der Waals surface area contributed by atoms with Crippen molar-refractivity contribution in [1.29, 1.82) is 0 Å². The Balaban J connectivity index is 2.49. The summed E-state index contributed by atoms with van der Waals surface area (Å²) in [5.74, 6) is -1.54. The number of aliphatic hydroxyl groups is 1. The number of nitrogens with zero attached hydrogens (tertiary/aromatic N) is 1. The highest BCUT2D eigenvalue weighted by Gasteiger charge is 2.34. The van der Waals surface area contributed by atoms with E-state index in [9.17, 15) is 18.0 Å². The zero-order valence-corrected chi connectivity index (χ0v) is 11.1. The molecule has 0 bridgehead atoms. The summed E-state index contributed by atoms with van der Waals surface area (Å²) in [6, 6.07) is -0.425. The van der Waals surface area contributed by atoms with Crippen molar-refractivity contribution in [3.63, 3.8) is 0 Å². The van der Waals surface area contributed by atoms with Crippen molar-refractivity contribution in [3.8, 4) is 0 Å². The summed E-state index contributed by atoms with van der Waals surface area (Å²) in [5, 5.41) is 10.9. The molecule has 7 nitrogen and oxygen atoms in total. The summed E-state index contributed by atoms with van der Waals surface area (Å²) in [6.07, 6.45) is 0.745. The van der Waals surface area contributed by atoms with Crippen LogP contribution in [0.25, 0.3) is 0 Å². The molecule has 0 aromatic rings. The van der Waals surface area contributed by atoms with Crippen molar-refractivity contribution in [2.45, 2.75) is 18.9 Å². The van der Waals surface area contributed by atoms with Crippen LogP contribution >= 0.6 is 0 Å². The lowest BCUT2D eigenvalue weighted by molar-refractivity contribution is -0.146. The summed E-state index contributed by atoms with van der Waals surface area (Å²) in [4.78, 5) is 24.3. The SMILES string of the molecule is CN(C(=O)C(=O)NCCCO)C1CCS(=O)(=O)C1. The van der Waals surface area contributed by atoms with Gasteiger partial charge in [-0.25, -0.2) is 8.42 Å². The number of sulfone groups is 1. The molecule has 2 N–H and O–H groups in total. The standard InChI is InChI=1S/C10H18N2O5S/c1-12(8-3-6-18(16,17)7-8)10(15)9(14)11-4-2-5-13/h8,13H,2-7H2,1H3,(H,11,14). The zero-order valence-electron chi connectivity index (χ0n) is 10.3. The van der Waals surface area contributed by atoms with E-state index in [1.165, 1.54) is 11.9 Å². The summed E-state index contributed by atoms with van der Waals surface area (Å²) >= 11 is 0. The van der Waals surface area contributed by atoms with E-state index >= 15 is 0 Å². The molecule has 1 aliphatic heterocycles. The smallest absolute Gasteiger partial charge is 0.311 e. The van der Waals surface area contributed by atoms with E-state index < -0.39 is 27.7 Å². The Morgan fingerprint density at radius 3 is 2.61 bits per heavy atom. The lowest BCUT2D eigenvalue weighted by atomic mass is 10.2. The number of carbonyl (C=O) groups excluding carboxylic acids is 2. The fraction of sp³-hybridized carbons (Fsp3) is 0.800. The first kappa shape index (κ1) is 14.9. The minimum absolute atomic E-state index is 0.0570. The highest BCUT2D eigenvalue weighted by Crippen LogP contribution is 2.16. The van der Waals surface area contributed by atoms with E-state index in [2.05, 4.69) is 5.32 Å². The number of nitrogens with one attached hydrogen (secondary N) is 1. The van der Waals surface area contributed by atoms with Gasteiger partial charge in [0.25, 0.3) is 0 Å². The van der Waals surface area contributed by atoms with Crippen molar-refractivity contribution >= 4 is 21.7 Å². The zero-order chi connectivity index (χ0) is 13.8. The molecule has 0 radical (unpaired) electrons. The van der Waals surface area contributed by atoms with Gasteiger partial charge in [-0.1, -0.05) is 0 Å². The number of hydrogen-bond acceptors (Lipinski definition) is 5. The highest BCUT2D eigenvalue weighted by atomic mass is 32.2. The maximum Gasteiger partial charge on any atom is 0.311 e. The van der Waals surface area contributed by atoms with Crippen LogP contribution in [0.2, 0.25) is 0 Å². The third-order valence-corrected chi connectivity index (χ3v) is 4.64. The first-order valence-electron chi connectivity index (χ1n) is 5.73. The summed E-state index contributed by atoms with van der Waals surface area (Å²) < 4.78 is 22.6. The fourth-order valence-corrected chi connectivity index (χ4v) is 3.54. The van der Waals surface area contributed by atoms with Crippen LogP contribution < -0.4 is 5.32 Å². The normalized spacial score (nSPS) is 21.6. The first-order valence-corrected chi connectivity index (χ1v) is 7.56. The van der Waals surface area contributed by atoms with Gasteiger partial charge in [0.2, 0.25) is 0 Å². The average Bonchev–Trinajstić information content (AvgIpc) is 2.68. The summed E-state index contributed by atoms with van der Waals surface area (Å²) in [7, 11) is -1.65. The maximum absolute atomic E-state index is 11.7. The topological polar surface area (TPSA) is 104 Å². The van der Waals surface area contributed by atoms with Gasteiger partial charge in [-0.05, 0) is 12.8 Å². The van der Waals surface area contributed by atoms with Gasteiger partial charge in [0.15, 0.2) is 9.84 Å². The van der Waals surface area contributed by atoms with Gasteiger partial charge in [0.1, 0.15) is 0 Å². The van der Waals surface area contributed by atoms with Gasteiger partial charge in [0, 0.05) is 26.2 Å². The summed E-state index contributed by atoms with van der Waals surface area (Å²) in [6.45, 7) is 0.156. The van der Waals surface area contributed by atoms with Crippen LogP contribution in [0.1, 0.15) is 12.8 Å². The highest BCUT2D eigenvalue weighted by molar-refractivity contribution is 7.91. The molecular weight excluding hydrogens is 260 g/mol. The van der Waals surface area contributed by atoms with Crippen LogP contribution in [0.5, 0.6) is 0 Å². The molecule has 1 rings (SSSR count). The number of amides is 2. The molecule has 0 spiro atoms. The van der Waals surface area contributed by atoms with Gasteiger partial charge in [0.05, 0.1) is 11.5 Å². The van der Waals surface area contributed by atoms with Gasteiger partial charge in [-0.15, -0.1) is 0 Å². The van der Waals surface area contributed by atoms with Crippen molar-refractivity contribution in [2.24, 2.45) is 0 Å². The van der Waals surface area contributed by atoms with E-state index in [1.54, 1.807) is 0 Å². The van der Waals surface area contributed by atoms with E-state index in [0.29, 0.717) is 12.8 Å². The van der Waals surface area contributed by atoms with Crippen LogP contribution in [0.3, 0.4) is 0 Å². The van der Waals surface area contributed by atoms with Gasteiger partial charge in [-0.2, -0.15) is 0 Å². The molecule has 1 heterocycles. The number of hydrogen-bond donors (Lipinski definition) is 2. The molecule has 2 amide bonds. The minimum Gasteiger partial charge on any atom is -0.396 e. The number of rotatable bonds is 4. The Morgan fingerprint density at radius 1 is 1.44 bits per heavy atom. The van der Waals surface area contributed by atoms with Crippen molar-refractivity contribution in [1.82, 2.24) is 10.2 Å². The second-order valence-corrected chi connectivity index (χ2v) is 6.53. The van der Waals surface area contributed by atoms with E-state index in [-0.39, 0.29) is 24.7 Å². The monoisotopic (exact) mass is 278 g/mol. The number of aliphatic hydroxyl groups excluding tert-OH is 1. The van der Waals surface area contributed by atoms with Crippen molar-refractivity contribution in [3.05, 3.63) is 0 Å². The minimum atomic E-state index is -3.08. The maximum atomic E-state index is 11.7. The van der Waals surface area contributed by atoms with Gasteiger partial charge in [-0.3, -0.25) is 9.59 Å². The summed E-state index contributed by atoms with van der Waals surface area (Å²) in [5.41, 5.74) is 0. The number of likely N-dealkylation sites (N-methyl/N-ethyl adjacent to an activating group) is 1. The quantitative estimate of drug-likeness (QED) is 0.463. The molecule has 1 fully saturated rings. The lowest BCUT2D eigenvalue weighted by Gasteiger charge is -2.22. The Morgan fingerprint density at radius 2 is 2.11 bits per heavy atom. The molecule has 1 saturated heterocycles. The molecule has 1 unspecified atom stereocenters. The molecule has 104 valence electrons. The second-order valence-electron chi connectivity index (χ2n) is 4.31. The van der Waals surface area contributed by atoms with Crippen molar-refractivity contribution < 1.29 is 23.1 Å². The average molecular weight is 278 g/mol. The molecule has 0 aromatic heterocycles. The van der Waals surface area contributed by atoms with Crippen LogP contribution in [0.15, 0.2) is 0 Å². The fourth-order valence-electron chi connectivity index (χ4n) is 1.76. The third-order valence-electron chi connectivity index (χ3n) is 2.89. The molecule has 8 heteroatoms. The molecule has 0 aliphatic carbocycles. The molecule has 1 atom stereocenters. The molecule has 0 aromatic carbocycles. The van der Waals surface area contributed by atoms with Crippen LogP contribution in [0, 0.1) is 0 Å². The van der Waals surface area contributed by atoms with E-state index in [1.807, 2.05) is 0 Å². The third kappa shape index (κ3) is 3.95. The van der Waals surface area contributed by atoms with E-state index in [0.717, 1.165) is 0 Å². The van der Waals surface area contributed by atoms with Gasteiger partial charge < -0.3 is 15.3 Å². The first-order chi connectivity index (χ1) is 8.37. The molecule has 18 heavy (non-hydrogen) atoms. The van der Waals surface area contributed by atoms with Crippen LogP contribution in [-0.4, -0.2) is 68.0 Å². The predicted molar refractivity (Wildman–Crippen MR) is 64.5 cm³/mol. The Bertz CT molecular complexity index is 420. The van der Waals surface area contributed by atoms with E-state index in [4.69, 9.17) is 5.11 Å². The predicted octanol–water partition coefficient (Wildman–Crippen LogP) is -1.87. The van der Waals surface area contributed by atoms with Crippen LogP contribution in [0.4, 0.5) is 0 Å². The second kappa shape index (κ2) is 6.14. The Kier molecular flexibility index (Phi) is 5.09. The Hall–Kier alpha value is -1.15. The largest absolute Gasteiger partial charge is 0.396 e. The molecule has 0 saturated carbocycles. The Labute approximate surface area is 106 Å². The lowest BCUT2D eigenvalue weighted by Crippen LogP contribution is -2.46. The molecule has 1 aliphatic rings. The number of carbonyl (C=O) groups is 2. The molecular formula is C10H18N2O5S.